The fraction of sp³-hybridized carbons (Fsp3) is 0.239. The number of benzene rings is 5. The first-order chi connectivity index (χ1) is 41.8. The van der Waals surface area contributed by atoms with E-state index < -0.39 is 93.1 Å². The molecule has 0 fully saturated rings. The van der Waals surface area contributed by atoms with E-state index in [1.54, 1.807) is 31.2 Å². The maximum absolute atomic E-state index is 12.5. The first kappa shape index (κ1) is 73.1. The maximum Gasteiger partial charge on any atom is 0.425 e. The summed E-state index contributed by atoms with van der Waals surface area (Å²) in [5.74, 6) is -1.48. The summed E-state index contributed by atoms with van der Waals surface area (Å²) in [5.41, 5.74) is 1.26. The number of halogens is 1. The van der Waals surface area contributed by atoms with E-state index in [1.807, 2.05) is 6.92 Å². The second kappa shape index (κ2) is 30.9. The van der Waals surface area contributed by atoms with Gasteiger partial charge in [-0.2, -0.15) is 47.4 Å². The van der Waals surface area contributed by atoms with Crippen LogP contribution in [-0.4, -0.2) is 146 Å². The van der Waals surface area contributed by atoms with Crippen LogP contribution in [0.2, 0.25) is 5.02 Å². The van der Waals surface area contributed by atoms with E-state index in [-0.39, 0.29) is 126 Å². The lowest BCUT2D eigenvalue weighted by atomic mass is 10.1. The zero-order valence-corrected chi connectivity index (χ0v) is 53.7. The summed E-state index contributed by atoms with van der Waals surface area (Å²) in [5, 5.41) is 47.8. The van der Waals surface area contributed by atoms with E-state index in [0.29, 0.717) is 28.6 Å². The Balaban J connectivity index is 0.00000103. The normalized spacial score (nSPS) is 12.2. The zero-order valence-electron chi connectivity index (χ0n) is 45.6. The molecule has 3 heterocycles. The lowest BCUT2D eigenvalue weighted by Crippen LogP contribution is -2.08. The van der Waals surface area contributed by atoms with Crippen LogP contribution in [-0.2, 0) is 71.8 Å². The van der Waals surface area contributed by atoms with Crippen LogP contribution in [0.15, 0.2) is 118 Å². The summed E-state index contributed by atoms with van der Waals surface area (Å²) in [6.45, 7) is 3.28. The number of aromatic nitrogens is 3. The Morgan fingerprint density at radius 1 is 0.700 bits per heavy atom. The second-order valence-electron chi connectivity index (χ2n) is 17.6. The van der Waals surface area contributed by atoms with Crippen LogP contribution in [0, 0.1) is 18.3 Å². The third kappa shape index (κ3) is 21.5. The lowest BCUT2D eigenvalue weighted by Gasteiger charge is -2.14. The monoisotopic (exact) mass is 1440 g/mol. The number of nitrogens with zero attached hydrogens (tertiary/aromatic N) is 10. The molecule has 0 aliphatic carbocycles. The summed E-state index contributed by atoms with van der Waals surface area (Å²) in [4.78, 5) is 7.94. The van der Waals surface area contributed by atoms with Crippen LogP contribution in [0.4, 0.5) is 33.6 Å². The van der Waals surface area contributed by atoms with Crippen LogP contribution in [0.25, 0.3) is 37.7 Å². The molecule has 3 aromatic heterocycles. The SMILES string of the molecule is CCCOc1cc(N=Nc2c(C)c(C#N)c3nc4ccccc4n3c2O)c(OCCCS(=O)(=O)O)cc1N=Nc1cc(Cl)c(N=Nc2nc3c(S(=O)(=O)O)cc4ccc(S(=O)(=O)O)cc4c3s2)cc1SCCCS(=O)(=O)O.CS(=O)(=O)O.O=S(=O)=O.O=S(=O)=O. The fourth-order valence-corrected chi connectivity index (χ4v) is 11.9. The van der Waals surface area contributed by atoms with Gasteiger partial charge in [-0.1, -0.05) is 48.1 Å². The topological polar surface area (TPSA) is 541 Å². The number of pyridine rings is 1. The summed E-state index contributed by atoms with van der Waals surface area (Å²) in [7, 11) is -28.2. The van der Waals surface area contributed by atoms with Crippen molar-refractivity contribution >= 4 is 178 Å². The summed E-state index contributed by atoms with van der Waals surface area (Å²) < 4.78 is 224. The van der Waals surface area contributed by atoms with Gasteiger partial charge in [0.05, 0.1) is 56.6 Å². The third-order valence-electron chi connectivity index (χ3n) is 10.9. The number of rotatable bonds is 21. The molecule has 8 aromatic rings. The number of aromatic hydroxyl groups is 1. The number of ether oxygens (including phenoxy) is 2. The van der Waals surface area contributed by atoms with Crippen LogP contribution < -0.4 is 9.47 Å². The highest BCUT2D eigenvalue weighted by molar-refractivity contribution is 7.99. The van der Waals surface area contributed by atoms with Gasteiger partial charge in [-0.3, -0.25) is 27.2 Å². The average Bonchev–Trinajstić information content (AvgIpc) is 1.53. The molecule has 0 saturated heterocycles. The van der Waals surface area contributed by atoms with Gasteiger partial charge in [0.15, 0.2) is 11.3 Å². The summed E-state index contributed by atoms with van der Waals surface area (Å²) >= 11 is 8.58. The van der Waals surface area contributed by atoms with Crippen molar-refractivity contribution in [2.24, 2.45) is 30.7 Å². The molecule has 0 unspecified atom stereocenters. The molecule has 0 spiro atoms. The molecule has 5 aromatic carbocycles. The highest BCUT2D eigenvalue weighted by Gasteiger charge is 2.24. The minimum absolute atomic E-state index is 0.0125. The quantitative estimate of drug-likeness (QED) is 0.0169. The fourth-order valence-electron chi connectivity index (χ4n) is 7.44. The van der Waals surface area contributed by atoms with E-state index >= 15 is 0 Å². The largest absolute Gasteiger partial charge is 0.493 e. The number of fused-ring (bicyclic) bond motifs is 6. The molecule has 0 bridgehead atoms. The van der Waals surface area contributed by atoms with Crippen molar-refractivity contribution in [1.82, 2.24) is 14.4 Å². The van der Waals surface area contributed by atoms with Crippen molar-refractivity contribution < 1.29 is 105 Å². The second-order valence-corrected chi connectivity index (χ2v) is 28.3. The number of nitriles is 1. The number of azo groups is 3. The Bertz CT molecular complexity index is 5040. The minimum atomic E-state index is -4.89. The highest BCUT2D eigenvalue weighted by Crippen LogP contribution is 2.46. The Labute approximate surface area is 525 Å². The highest BCUT2D eigenvalue weighted by atomic mass is 35.5. The van der Waals surface area contributed by atoms with Gasteiger partial charge < -0.3 is 14.6 Å². The number of thioether (sulfide) groups is 1. The molecule has 6 N–H and O–H groups in total. The average molecular weight is 1440 g/mol. The molecule has 8 rings (SSSR count). The molecule has 0 radical (unpaired) electrons. The number of hydrogen-bond donors (Lipinski definition) is 6. The molecule has 0 atom stereocenters. The van der Waals surface area contributed by atoms with Crippen molar-refractivity contribution in [2.45, 2.75) is 47.8 Å². The number of imidazole rings is 1. The van der Waals surface area contributed by atoms with Gasteiger partial charge in [0, 0.05) is 28.0 Å². The smallest absolute Gasteiger partial charge is 0.425 e. The lowest BCUT2D eigenvalue weighted by molar-refractivity contribution is 0.309. The Morgan fingerprint density at radius 2 is 1.26 bits per heavy atom. The van der Waals surface area contributed by atoms with E-state index in [0.717, 1.165) is 41.3 Å². The van der Waals surface area contributed by atoms with Gasteiger partial charge in [0.2, 0.25) is 11.0 Å². The number of thiazole rings is 1. The van der Waals surface area contributed by atoms with Crippen molar-refractivity contribution in [1.29, 1.82) is 5.26 Å². The molecule has 90 heavy (non-hydrogen) atoms. The molecule has 0 amide bonds. The van der Waals surface area contributed by atoms with E-state index in [4.69, 9.17) is 50.9 Å². The predicted octanol–water partition coefficient (Wildman–Crippen LogP) is 8.84. The first-order valence-corrected chi connectivity index (χ1v) is 36.3. The standard InChI is InChI=1S/C45H39ClN10O15S6.CH4O3S.2O3S/c1-3-12-70-36-21-33(52-54-40-24(2)28(23-47)43-48-30-8-4-5-9-35(30)56(43)44(40)57)37(71-13-6-15-74(58,59)60)20-32(36)51-53-34-19-29(46)31(22-38(34)72-14-7-16-75(61,62)63)50-55-45-49-41-39(77(67,68)69)17-25-10-11-26(76(64,65)66)18-27(25)42(41)73-45;1-5(2,3)4;2*1-4(2)3/h4-5,8-11,17-22,57H,3,6-7,12-16H2,1-2H3,(H,58,59,60)(H,61,62,63)(H,64,65,66)(H,67,68,69);1H3,(H,2,3,4);;. The van der Waals surface area contributed by atoms with Gasteiger partial charge in [-0.15, -0.1) is 67.7 Å². The van der Waals surface area contributed by atoms with Crippen LogP contribution >= 0.6 is 34.7 Å². The van der Waals surface area contributed by atoms with Crippen molar-refractivity contribution in [2.75, 3.05) is 36.7 Å². The van der Waals surface area contributed by atoms with Gasteiger partial charge in [0.25, 0.3) is 50.6 Å². The summed E-state index contributed by atoms with van der Waals surface area (Å²) in [6.07, 6.45) is 1.03. The molecular weight excluding hydrogens is 1400 g/mol. The minimum Gasteiger partial charge on any atom is -0.493 e. The molecule has 44 heteroatoms. The molecule has 482 valence electrons. The van der Waals surface area contributed by atoms with Gasteiger partial charge in [0.1, 0.15) is 56.3 Å². The predicted molar refractivity (Wildman–Crippen MR) is 322 cm³/mol. The van der Waals surface area contributed by atoms with Crippen LogP contribution in [0.5, 0.6) is 17.4 Å². The molecule has 0 aliphatic heterocycles. The Morgan fingerprint density at radius 3 is 1.82 bits per heavy atom. The zero-order chi connectivity index (χ0) is 67.3. The summed E-state index contributed by atoms with van der Waals surface area (Å²) in [6, 6.07) is 19.0. The Hall–Kier alpha value is -7.68. The first-order valence-electron chi connectivity index (χ1n) is 24.2. The number of hydrogen-bond acceptors (Lipinski definition) is 30. The Kier molecular flexibility index (Phi) is 25.1. The van der Waals surface area contributed by atoms with Crippen LogP contribution in [0.3, 0.4) is 0 Å². The maximum atomic E-state index is 12.5. The molecule has 0 aliphatic rings. The van der Waals surface area contributed by atoms with Crippen molar-refractivity contribution in [3.63, 3.8) is 0 Å². The van der Waals surface area contributed by atoms with Gasteiger partial charge in [-0.05, 0) is 79.8 Å². The van der Waals surface area contributed by atoms with Gasteiger partial charge in [-0.25, -0.2) is 9.97 Å². The number of para-hydroxylation sites is 2. The van der Waals surface area contributed by atoms with Crippen molar-refractivity contribution in [3.8, 4) is 23.4 Å². The molecule has 34 nitrogen and oxygen atoms in total. The van der Waals surface area contributed by atoms with Gasteiger partial charge >= 0.3 is 21.2 Å². The molecule has 0 saturated carbocycles. The van der Waals surface area contributed by atoms with E-state index in [2.05, 4.69) is 46.7 Å². The van der Waals surface area contributed by atoms with E-state index in [1.165, 1.54) is 34.7 Å². The van der Waals surface area contributed by atoms with E-state index in [9.17, 15) is 70.7 Å². The third-order valence-corrected chi connectivity index (χ3v) is 16.7. The van der Waals surface area contributed by atoms with Crippen LogP contribution in [0.1, 0.15) is 37.3 Å². The van der Waals surface area contributed by atoms with Crippen molar-refractivity contribution in [3.05, 3.63) is 88.9 Å². The molecular formula is C46H43ClN10O24S9.